The van der Waals surface area contributed by atoms with E-state index in [2.05, 4.69) is 0 Å². The van der Waals surface area contributed by atoms with E-state index in [1.54, 1.807) is 11.5 Å². The predicted molar refractivity (Wildman–Crippen MR) is 120 cm³/mol. The Morgan fingerprint density at radius 3 is 2.77 bits per heavy atom. The van der Waals surface area contributed by atoms with E-state index in [1.807, 2.05) is 36.4 Å². The third-order valence-corrected chi connectivity index (χ3v) is 6.11. The highest BCUT2D eigenvalue weighted by Crippen LogP contribution is 2.27. The van der Waals surface area contributed by atoms with Crippen LogP contribution in [0.1, 0.15) is 56.4 Å². The number of carbonyl (C=O) groups excluding carboxylic acids is 1. The highest BCUT2D eigenvalue weighted by Gasteiger charge is 2.25. The molecule has 0 saturated carbocycles. The molecule has 0 amide bonds. The van der Waals surface area contributed by atoms with Gasteiger partial charge in [-0.2, -0.15) is 0 Å². The molecule has 164 valence electrons. The van der Waals surface area contributed by atoms with Crippen LogP contribution in [0.25, 0.3) is 10.9 Å². The Balaban J connectivity index is 2.09. The van der Waals surface area contributed by atoms with E-state index in [1.165, 1.54) is 18.3 Å². The van der Waals surface area contributed by atoms with Gasteiger partial charge >= 0.3 is 5.97 Å². The largest absolute Gasteiger partial charge is 0.462 e. The first-order valence-electron chi connectivity index (χ1n) is 10.3. The minimum Gasteiger partial charge on any atom is -0.462 e. The zero-order valence-electron chi connectivity index (χ0n) is 17.5. The van der Waals surface area contributed by atoms with Crippen molar-refractivity contribution in [1.29, 1.82) is 0 Å². The lowest BCUT2D eigenvalue weighted by molar-refractivity contribution is -0.169. The summed E-state index contributed by atoms with van der Waals surface area (Å²) in [5.74, 6) is -1.01. The molecule has 0 bridgehead atoms. The zero-order valence-corrected chi connectivity index (χ0v) is 19.6. The fraction of sp³-hybridized carbons (Fsp3) is 0.545. The van der Waals surface area contributed by atoms with Gasteiger partial charge in [-0.05, 0) is 66.8 Å². The first-order valence-corrected chi connectivity index (χ1v) is 11.4. The number of ether oxygens (including phenoxy) is 3. The van der Waals surface area contributed by atoms with Crippen molar-refractivity contribution in [2.24, 2.45) is 5.92 Å². The van der Waals surface area contributed by atoms with Crippen LogP contribution in [0.15, 0.2) is 23.1 Å². The van der Waals surface area contributed by atoms with Crippen LogP contribution in [0, 0.1) is 15.3 Å². The molecule has 3 rings (SSSR count). The van der Waals surface area contributed by atoms with Crippen molar-refractivity contribution in [1.82, 2.24) is 4.57 Å². The normalized spacial score (nSPS) is 18.0. The van der Waals surface area contributed by atoms with Crippen molar-refractivity contribution >= 4 is 39.5 Å². The van der Waals surface area contributed by atoms with Crippen LogP contribution < -0.4 is 5.43 Å². The number of benzene rings is 1. The zero-order chi connectivity index (χ0) is 21.8. The monoisotopic (exact) mass is 531 g/mol. The van der Waals surface area contributed by atoms with Gasteiger partial charge in [0, 0.05) is 21.8 Å². The van der Waals surface area contributed by atoms with Crippen molar-refractivity contribution in [3.63, 3.8) is 0 Å². The summed E-state index contributed by atoms with van der Waals surface area (Å²) in [5.41, 5.74) is -0.0965. The Hall–Kier alpha value is -1.52. The van der Waals surface area contributed by atoms with E-state index in [9.17, 15) is 14.0 Å². The van der Waals surface area contributed by atoms with Crippen molar-refractivity contribution in [2.45, 2.75) is 52.4 Å². The van der Waals surface area contributed by atoms with Crippen LogP contribution in [0.4, 0.5) is 4.39 Å². The van der Waals surface area contributed by atoms with Crippen LogP contribution in [0.2, 0.25) is 0 Å². The average molecular weight is 531 g/mol. The molecule has 1 fully saturated rings. The summed E-state index contributed by atoms with van der Waals surface area (Å²) in [7, 11) is 0. The predicted octanol–water partition coefficient (Wildman–Crippen LogP) is 4.66. The van der Waals surface area contributed by atoms with Crippen molar-refractivity contribution < 1.29 is 23.4 Å². The lowest BCUT2D eigenvalue weighted by Crippen LogP contribution is -2.30. The first kappa shape index (κ1) is 23.1. The maximum Gasteiger partial charge on any atom is 0.343 e. The maximum absolute atomic E-state index is 14.4. The number of nitrogens with zero attached hydrogens (tertiary/aromatic N) is 1. The molecule has 2 unspecified atom stereocenters. The first-order chi connectivity index (χ1) is 14.3. The number of esters is 1. The van der Waals surface area contributed by atoms with E-state index >= 15 is 0 Å². The molecule has 1 aliphatic rings. The van der Waals surface area contributed by atoms with E-state index in [-0.39, 0.29) is 35.8 Å². The molecular formula is C22H27FINO5. The standard InChI is InChI=1S/C22H27FINO5/c1-4-28-22(27)15-11-25(18-10-16(23)17(24)9-14(18)21(15)26)19(13(2)3)12-30-20-7-5-6-8-29-20/h9-11,13,19-20H,4-8,12H2,1-3H3. The summed E-state index contributed by atoms with van der Waals surface area (Å²) in [6.45, 7) is 6.88. The fourth-order valence-corrected chi connectivity index (χ4v) is 4.08. The molecule has 1 aliphatic heterocycles. The highest BCUT2D eigenvalue weighted by atomic mass is 127. The molecule has 0 N–H and O–H groups in total. The van der Waals surface area contributed by atoms with Gasteiger partial charge in [0.15, 0.2) is 6.29 Å². The summed E-state index contributed by atoms with van der Waals surface area (Å²) in [6, 6.07) is 2.60. The summed E-state index contributed by atoms with van der Waals surface area (Å²) in [5, 5.41) is 0.283. The van der Waals surface area contributed by atoms with Gasteiger partial charge in [-0.3, -0.25) is 4.79 Å². The summed E-state index contributed by atoms with van der Waals surface area (Å²) >= 11 is 1.84. The maximum atomic E-state index is 14.4. The van der Waals surface area contributed by atoms with E-state index in [0.29, 0.717) is 22.3 Å². The SMILES string of the molecule is CCOC(=O)c1cn(C(COC2CCCCO2)C(C)C)c2cc(F)c(I)cc2c1=O. The van der Waals surface area contributed by atoms with Gasteiger partial charge in [-0.25, -0.2) is 9.18 Å². The van der Waals surface area contributed by atoms with E-state index in [4.69, 9.17) is 14.2 Å². The van der Waals surface area contributed by atoms with E-state index < -0.39 is 17.2 Å². The second kappa shape index (κ2) is 10.2. The molecule has 2 heterocycles. The molecule has 6 nitrogen and oxygen atoms in total. The number of aromatic nitrogens is 1. The second-order valence-corrected chi connectivity index (χ2v) is 8.89. The lowest BCUT2D eigenvalue weighted by Gasteiger charge is -2.30. The molecular weight excluding hydrogens is 504 g/mol. The molecule has 0 spiro atoms. The molecule has 1 saturated heterocycles. The molecule has 1 aromatic carbocycles. The van der Waals surface area contributed by atoms with Gasteiger partial charge in [0.2, 0.25) is 5.43 Å². The van der Waals surface area contributed by atoms with Gasteiger partial charge in [-0.15, -0.1) is 0 Å². The topological polar surface area (TPSA) is 66.8 Å². The fourth-order valence-electron chi connectivity index (χ4n) is 3.62. The number of hydrogen-bond donors (Lipinski definition) is 0. The molecule has 8 heteroatoms. The Kier molecular flexibility index (Phi) is 7.86. The number of fused-ring (bicyclic) bond motifs is 1. The third kappa shape index (κ3) is 5.03. The van der Waals surface area contributed by atoms with Crippen molar-refractivity contribution in [2.75, 3.05) is 19.8 Å². The third-order valence-electron chi connectivity index (χ3n) is 5.29. The van der Waals surface area contributed by atoms with Gasteiger partial charge < -0.3 is 18.8 Å². The minimum absolute atomic E-state index is 0.0636. The summed E-state index contributed by atoms with van der Waals surface area (Å²) < 4.78 is 33.3. The molecule has 2 atom stereocenters. The van der Waals surface area contributed by atoms with E-state index in [0.717, 1.165) is 19.3 Å². The van der Waals surface area contributed by atoms with Crippen LogP contribution in [-0.4, -0.2) is 36.6 Å². The lowest BCUT2D eigenvalue weighted by atomic mass is 10.0. The molecule has 30 heavy (non-hydrogen) atoms. The van der Waals surface area contributed by atoms with Crippen molar-refractivity contribution in [3.8, 4) is 0 Å². The number of carbonyl (C=O) groups is 1. The van der Waals surface area contributed by atoms with Gasteiger partial charge in [0.05, 0.1) is 24.8 Å². The van der Waals surface area contributed by atoms with Crippen LogP contribution in [0.3, 0.4) is 0 Å². The Morgan fingerprint density at radius 2 is 2.13 bits per heavy atom. The molecule has 2 aromatic rings. The average Bonchev–Trinajstić information content (AvgIpc) is 2.71. The molecule has 0 aliphatic carbocycles. The number of hydrogen-bond acceptors (Lipinski definition) is 5. The quantitative estimate of drug-likeness (QED) is 0.384. The highest BCUT2D eigenvalue weighted by molar-refractivity contribution is 14.1. The molecule has 0 radical (unpaired) electrons. The van der Waals surface area contributed by atoms with Crippen LogP contribution >= 0.6 is 22.6 Å². The van der Waals surface area contributed by atoms with Gasteiger partial charge in [0.25, 0.3) is 0 Å². The number of rotatable bonds is 7. The summed E-state index contributed by atoms with van der Waals surface area (Å²) in [6.07, 6.45) is 4.11. The Morgan fingerprint density at radius 1 is 1.37 bits per heavy atom. The Bertz CT molecular complexity index is 968. The van der Waals surface area contributed by atoms with Crippen LogP contribution in [0.5, 0.6) is 0 Å². The number of halogens is 2. The second-order valence-electron chi connectivity index (χ2n) is 7.72. The number of pyridine rings is 1. The minimum atomic E-state index is -0.684. The summed E-state index contributed by atoms with van der Waals surface area (Å²) in [4.78, 5) is 25.4. The smallest absolute Gasteiger partial charge is 0.343 e. The Labute approximate surface area is 188 Å². The van der Waals surface area contributed by atoms with Crippen molar-refractivity contribution in [3.05, 3.63) is 43.5 Å². The van der Waals surface area contributed by atoms with Gasteiger partial charge in [-0.1, -0.05) is 13.8 Å². The molecule has 1 aromatic heterocycles. The van der Waals surface area contributed by atoms with Gasteiger partial charge in [0.1, 0.15) is 11.4 Å². The van der Waals surface area contributed by atoms with Crippen LogP contribution in [-0.2, 0) is 14.2 Å².